The molecule has 76 valence electrons. The highest BCUT2D eigenvalue weighted by molar-refractivity contribution is 5.94. The zero-order chi connectivity index (χ0) is 10.6. The van der Waals surface area contributed by atoms with Crippen molar-refractivity contribution in [3.63, 3.8) is 0 Å². The molecule has 0 fully saturated rings. The zero-order valence-electron chi connectivity index (χ0n) is 7.96. The van der Waals surface area contributed by atoms with Crippen LogP contribution in [0.15, 0.2) is 24.3 Å². The van der Waals surface area contributed by atoms with Gasteiger partial charge in [0, 0.05) is 5.69 Å². The maximum absolute atomic E-state index is 12.5. The van der Waals surface area contributed by atoms with E-state index in [1.807, 2.05) is 6.92 Å². The maximum atomic E-state index is 12.5. The number of nitrogens with two attached hydrogens (primary N) is 1. The molecule has 0 radical (unpaired) electrons. The highest BCUT2D eigenvalue weighted by Crippen LogP contribution is 2.08. The van der Waals surface area contributed by atoms with E-state index >= 15 is 0 Å². The number of nitrogens with one attached hydrogen (secondary N) is 1. The van der Waals surface area contributed by atoms with E-state index in [-0.39, 0.29) is 11.7 Å². The Balaban J connectivity index is 2.60. The van der Waals surface area contributed by atoms with Gasteiger partial charge in [0.1, 0.15) is 5.82 Å². The van der Waals surface area contributed by atoms with Gasteiger partial charge in [0.05, 0.1) is 6.04 Å². The van der Waals surface area contributed by atoms with Crippen molar-refractivity contribution in [1.29, 1.82) is 0 Å². The van der Waals surface area contributed by atoms with E-state index in [0.717, 1.165) is 0 Å². The first-order valence-corrected chi connectivity index (χ1v) is 4.45. The summed E-state index contributed by atoms with van der Waals surface area (Å²) in [5.41, 5.74) is 6.06. The lowest BCUT2D eigenvalue weighted by molar-refractivity contribution is -0.117. The maximum Gasteiger partial charge on any atom is 0.241 e. The summed E-state index contributed by atoms with van der Waals surface area (Å²) in [6.45, 7) is 1.83. The van der Waals surface area contributed by atoms with Crippen molar-refractivity contribution in [1.82, 2.24) is 0 Å². The molecule has 0 aromatic heterocycles. The fourth-order valence-corrected chi connectivity index (χ4v) is 0.954. The largest absolute Gasteiger partial charge is 0.325 e. The Hall–Kier alpha value is -1.42. The minimum atomic E-state index is -0.514. The van der Waals surface area contributed by atoms with E-state index in [1.165, 1.54) is 24.3 Å². The number of carbonyl (C=O) groups is 1. The number of hydrogen-bond donors (Lipinski definition) is 2. The van der Waals surface area contributed by atoms with Gasteiger partial charge in [0.15, 0.2) is 0 Å². The van der Waals surface area contributed by atoms with Crippen LogP contribution < -0.4 is 11.1 Å². The van der Waals surface area contributed by atoms with Gasteiger partial charge in [0.2, 0.25) is 5.91 Å². The zero-order valence-corrected chi connectivity index (χ0v) is 7.96. The molecule has 0 aliphatic heterocycles. The number of amides is 1. The topological polar surface area (TPSA) is 55.1 Å². The van der Waals surface area contributed by atoms with E-state index in [1.54, 1.807) is 0 Å². The second-order valence-corrected chi connectivity index (χ2v) is 3.01. The van der Waals surface area contributed by atoms with E-state index in [2.05, 4.69) is 5.32 Å². The van der Waals surface area contributed by atoms with Crippen LogP contribution in [0.2, 0.25) is 0 Å². The van der Waals surface area contributed by atoms with Crippen molar-refractivity contribution in [3.05, 3.63) is 30.1 Å². The van der Waals surface area contributed by atoms with Gasteiger partial charge in [0.25, 0.3) is 0 Å². The van der Waals surface area contributed by atoms with Gasteiger partial charge in [-0.1, -0.05) is 6.92 Å². The first-order chi connectivity index (χ1) is 6.63. The molecule has 1 aromatic rings. The molecule has 0 bridgehead atoms. The van der Waals surface area contributed by atoms with Crippen LogP contribution in [0.25, 0.3) is 0 Å². The number of halogens is 1. The van der Waals surface area contributed by atoms with Gasteiger partial charge < -0.3 is 11.1 Å². The van der Waals surface area contributed by atoms with Gasteiger partial charge in [-0.25, -0.2) is 4.39 Å². The van der Waals surface area contributed by atoms with Crippen LogP contribution >= 0.6 is 0 Å². The lowest BCUT2D eigenvalue weighted by Crippen LogP contribution is -2.34. The van der Waals surface area contributed by atoms with Crippen LogP contribution in [0.1, 0.15) is 13.3 Å². The van der Waals surface area contributed by atoms with E-state index in [0.29, 0.717) is 12.1 Å². The molecule has 0 aliphatic carbocycles. The van der Waals surface area contributed by atoms with Crippen molar-refractivity contribution >= 4 is 11.6 Å². The van der Waals surface area contributed by atoms with E-state index < -0.39 is 6.04 Å². The van der Waals surface area contributed by atoms with Crippen LogP contribution in [0.5, 0.6) is 0 Å². The van der Waals surface area contributed by atoms with Gasteiger partial charge in [-0.15, -0.1) is 0 Å². The molecule has 1 atom stereocenters. The van der Waals surface area contributed by atoms with Crippen molar-refractivity contribution in [2.75, 3.05) is 5.32 Å². The van der Waals surface area contributed by atoms with Gasteiger partial charge in [-0.2, -0.15) is 0 Å². The average molecular weight is 196 g/mol. The number of anilines is 1. The molecule has 0 aliphatic rings. The second kappa shape index (κ2) is 4.72. The van der Waals surface area contributed by atoms with Crippen LogP contribution in [-0.4, -0.2) is 11.9 Å². The van der Waals surface area contributed by atoms with E-state index in [4.69, 9.17) is 5.73 Å². The Kier molecular flexibility index (Phi) is 3.59. The summed E-state index contributed by atoms with van der Waals surface area (Å²) in [5.74, 6) is -0.582. The van der Waals surface area contributed by atoms with E-state index in [9.17, 15) is 9.18 Å². The van der Waals surface area contributed by atoms with Crippen LogP contribution in [-0.2, 0) is 4.79 Å². The predicted molar refractivity (Wildman–Crippen MR) is 53.3 cm³/mol. The molecule has 1 amide bonds. The van der Waals surface area contributed by atoms with Gasteiger partial charge >= 0.3 is 0 Å². The van der Waals surface area contributed by atoms with Crippen LogP contribution in [0, 0.1) is 5.82 Å². The summed E-state index contributed by atoms with van der Waals surface area (Å²) in [6, 6.07) is 5.05. The number of benzene rings is 1. The van der Waals surface area contributed by atoms with Gasteiger partial charge in [-0.05, 0) is 30.7 Å². The number of rotatable bonds is 3. The standard InChI is InChI=1S/C10H13FN2O/c1-2-9(12)10(14)13-8-5-3-7(11)4-6-8/h3-6,9H,2,12H2,1H3,(H,13,14). The third-order valence-corrected chi connectivity index (χ3v) is 1.89. The van der Waals surface area contributed by atoms with Crippen molar-refractivity contribution in [3.8, 4) is 0 Å². The SMILES string of the molecule is CCC(N)C(=O)Nc1ccc(F)cc1. The lowest BCUT2D eigenvalue weighted by atomic mass is 10.2. The minimum Gasteiger partial charge on any atom is -0.325 e. The Bertz CT molecular complexity index is 310. The Morgan fingerprint density at radius 1 is 1.50 bits per heavy atom. The number of carbonyl (C=O) groups excluding carboxylic acids is 1. The summed E-state index contributed by atoms with van der Waals surface area (Å²) in [5, 5.41) is 2.59. The molecule has 1 rings (SSSR count). The smallest absolute Gasteiger partial charge is 0.241 e. The Morgan fingerprint density at radius 2 is 2.07 bits per heavy atom. The molecular weight excluding hydrogens is 183 g/mol. The van der Waals surface area contributed by atoms with Gasteiger partial charge in [-0.3, -0.25) is 4.79 Å². The van der Waals surface area contributed by atoms with Crippen molar-refractivity contribution < 1.29 is 9.18 Å². The molecular formula is C10H13FN2O. The first-order valence-electron chi connectivity index (χ1n) is 4.45. The number of hydrogen-bond acceptors (Lipinski definition) is 2. The minimum absolute atomic E-state index is 0.251. The highest BCUT2D eigenvalue weighted by atomic mass is 19.1. The Labute approximate surface area is 82.1 Å². The molecule has 0 spiro atoms. The molecule has 14 heavy (non-hydrogen) atoms. The summed E-state index contributed by atoms with van der Waals surface area (Å²) in [7, 11) is 0. The van der Waals surface area contributed by atoms with Crippen LogP contribution in [0.4, 0.5) is 10.1 Å². The first kappa shape index (κ1) is 10.7. The summed E-state index contributed by atoms with van der Waals surface area (Å²) in [6.07, 6.45) is 0.576. The molecule has 3 N–H and O–H groups in total. The summed E-state index contributed by atoms with van der Waals surface area (Å²) < 4.78 is 12.5. The molecule has 1 aromatic carbocycles. The Morgan fingerprint density at radius 3 is 2.57 bits per heavy atom. The quantitative estimate of drug-likeness (QED) is 0.769. The van der Waals surface area contributed by atoms with Crippen molar-refractivity contribution in [2.24, 2.45) is 5.73 Å². The van der Waals surface area contributed by atoms with Crippen LogP contribution in [0.3, 0.4) is 0 Å². The molecule has 3 nitrogen and oxygen atoms in total. The lowest BCUT2D eigenvalue weighted by Gasteiger charge is -2.09. The predicted octanol–water partition coefficient (Wildman–Crippen LogP) is 1.50. The summed E-state index contributed by atoms with van der Waals surface area (Å²) in [4.78, 5) is 11.3. The molecule has 0 heterocycles. The fourth-order valence-electron chi connectivity index (χ4n) is 0.954. The molecule has 1 unspecified atom stereocenters. The molecule has 0 saturated carbocycles. The normalized spacial score (nSPS) is 12.2. The molecule has 4 heteroatoms. The molecule has 0 saturated heterocycles. The third-order valence-electron chi connectivity index (χ3n) is 1.89. The third kappa shape index (κ3) is 2.81. The monoisotopic (exact) mass is 196 g/mol. The second-order valence-electron chi connectivity index (χ2n) is 3.01. The fraction of sp³-hybridized carbons (Fsp3) is 0.300. The average Bonchev–Trinajstić information content (AvgIpc) is 2.20. The summed E-state index contributed by atoms with van der Waals surface area (Å²) >= 11 is 0. The highest BCUT2D eigenvalue weighted by Gasteiger charge is 2.10. The van der Waals surface area contributed by atoms with Crippen molar-refractivity contribution in [2.45, 2.75) is 19.4 Å².